The van der Waals surface area contributed by atoms with Crippen molar-refractivity contribution < 1.29 is 9.53 Å². The number of nitrogens with two attached hydrogens (primary N) is 1. The zero-order valence-electron chi connectivity index (χ0n) is 12.2. The molecule has 0 radical (unpaired) electrons. The first-order valence-electron chi connectivity index (χ1n) is 7.23. The molecule has 2 atom stereocenters. The van der Waals surface area contributed by atoms with Crippen molar-refractivity contribution in [2.75, 3.05) is 6.54 Å². The minimum atomic E-state index is -0.364. The van der Waals surface area contributed by atoms with Crippen LogP contribution in [0.5, 0.6) is 0 Å². The van der Waals surface area contributed by atoms with Gasteiger partial charge in [0.1, 0.15) is 11.9 Å². The number of aromatic nitrogens is 2. The number of carbonyl (C=O) groups excluding carboxylic acids is 1. The molecule has 1 saturated heterocycles. The molecule has 0 aromatic carbocycles. The molecule has 112 valence electrons. The van der Waals surface area contributed by atoms with E-state index in [1.165, 1.54) is 0 Å². The first kappa shape index (κ1) is 15.0. The summed E-state index contributed by atoms with van der Waals surface area (Å²) in [4.78, 5) is 16.3. The van der Waals surface area contributed by atoms with Gasteiger partial charge in [0.25, 0.3) is 0 Å². The lowest BCUT2D eigenvalue weighted by molar-refractivity contribution is -0.132. The Hall–Kier alpha value is -1.40. The van der Waals surface area contributed by atoms with Crippen LogP contribution in [0.3, 0.4) is 0 Å². The predicted molar refractivity (Wildman–Crippen MR) is 75.9 cm³/mol. The normalized spacial score (nSPS) is 22.4. The van der Waals surface area contributed by atoms with Gasteiger partial charge in [-0.1, -0.05) is 13.8 Å². The molecule has 0 bridgehead atoms. The molecular formula is C14H24N4O2. The summed E-state index contributed by atoms with van der Waals surface area (Å²) in [5.41, 5.74) is 5.54. The van der Waals surface area contributed by atoms with E-state index in [2.05, 4.69) is 28.7 Å². The van der Waals surface area contributed by atoms with Gasteiger partial charge in [-0.2, -0.15) is 0 Å². The molecule has 1 amide bonds. The monoisotopic (exact) mass is 280 g/mol. The van der Waals surface area contributed by atoms with Gasteiger partial charge < -0.3 is 20.4 Å². The lowest BCUT2D eigenvalue weighted by Crippen LogP contribution is -2.35. The summed E-state index contributed by atoms with van der Waals surface area (Å²) >= 11 is 0. The molecule has 1 aromatic rings. The molecule has 1 aliphatic heterocycles. The maximum absolute atomic E-state index is 12.0. The van der Waals surface area contributed by atoms with Gasteiger partial charge in [-0.25, -0.2) is 4.98 Å². The maximum Gasteiger partial charge on any atom is 0.249 e. The maximum atomic E-state index is 12.0. The average Bonchev–Trinajstić information content (AvgIpc) is 3.04. The minimum Gasteiger partial charge on any atom is -0.364 e. The fourth-order valence-corrected chi connectivity index (χ4v) is 2.42. The van der Waals surface area contributed by atoms with Gasteiger partial charge in [0.05, 0.1) is 12.6 Å². The topological polar surface area (TPSA) is 82.2 Å². The van der Waals surface area contributed by atoms with Crippen molar-refractivity contribution in [1.29, 1.82) is 0 Å². The van der Waals surface area contributed by atoms with Crippen LogP contribution in [0.25, 0.3) is 0 Å². The van der Waals surface area contributed by atoms with Gasteiger partial charge in [0.15, 0.2) is 0 Å². The molecule has 0 spiro atoms. The van der Waals surface area contributed by atoms with Gasteiger partial charge in [-0.15, -0.1) is 0 Å². The average molecular weight is 280 g/mol. The number of imidazole rings is 1. The van der Waals surface area contributed by atoms with Crippen molar-refractivity contribution in [2.45, 2.75) is 52.0 Å². The van der Waals surface area contributed by atoms with Gasteiger partial charge in [-0.3, -0.25) is 4.79 Å². The van der Waals surface area contributed by atoms with Crippen LogP contribution < -0.4 is 11.1 Å². The van der Waals surface area contributed by atoms with Crippen LogP contribution >= 0.6 is 0 Å². The van der Waals surface area contributed by atoms with Crippen molar-refractivity contribution in [1.82, 2.24) is 14.9 Å². The Balaban J connectivity index is 1.83. The summed E-state index contributed by atoms with van der Waals surface area (Å²) in [5, 5.41) is 2.90. The van der Waals surface area contributed by atoms with Crippen molar-refractivity contribution in [2.24, 2.45) is 11.7 Å². The largest absolute Gasteiger partial charge is 0.364 e. The van der Waals surface area contributed by atoms with Crippen LogP contribution in [0, 0.1) is 5.92 Å². The molecular weight excluding hydrogens is 256 g/mol. The zero-order chi connectivity index (χ0) is 14.5. The Labute approximate surface area is 119 Å². The third-order valence-corrected chi connectivity index (χ3v) is 3.45. The molecule has 1 fully saturated rings. The van der Waals surface area contributed by atoms with E-state index in [0.717, 1.165) is 25.2 Å². The summed E-state index contributed by atoms with van der Waals surface area (Å²) in [6.07, 6.45) is 4.97. The van der Waals surface area contributed by atoms with E-state index >= 15 is 0 Å². The molecule has 6 heteroatoms. The van der Waals surface area contributed by atoms with Gasteiger partial charge in [0, 0.05) is 25.5 Å². The van der Waals surface area contributed by atoms with E-state index < -0.39 is 0 Å². The van der Waals surface area contributed by atoms with Crippen LogP contribution in [0.15, 0.2) is 12.4 Å². The highest BCUT2D eigenvalue weighted by molar-refractivity contribution is 5.80. The molecule has 2 heterocycles. The predicted octanol–water partition coefficient (Wildman–Crippen LogP) is 0.662. The van der Waals surface area contributed by atoms with Crippen molar-refractivity contribution >= 4 is 5.91 Å². The highest BCUT2D eigenvalue weighted by atomic mass is 16.5. The summed E-state index contributed by atoms with van der Waals surface area (Å²) in [6, 6.07) is 0. The minimum absolute atomic E-state index is 0.0219. The highest BCUT2D eigenvalue weighted by Gasteiger charge is 2.29. The Kier molecular flexibility index (Phi) is 5.14. The SMILES string of the molecule is CC(C)Cn1ccnc1CNC(=O)[C@@H]1CC[C@H](CN)O1. The molecule has 0 unspecified atom stereocenters. The first-order valence-corrected chi connectivity index (χ1v) is 7.23. The van der Waals surface area contributed by atoms with Crippen LogP contribution in [-0.2, 0) is 22.6 Å². The second-order valence-corrected chi connectivity index (χ2v) is 5.67. The summed E-state index contributed by atoms with van der Waals surface area (Å²) in [5.74, 6) is 1.35. The number of hydrogen-bond donors (Lipinski definition) is 2. The van der Waals surface area contributed by atoms with Gasteiger partial charge in [0.2, 0.25) is 5.91 Å². The number of carbonyl (C=O) groups is 1. The van der Waals surface area contributed by atoms with E-state index in [9.17, 15) is 4.79 Å². The standard InChI is InChI=1S/C14H24N4O2/c1-10(2)9-18-6-5-16-13(18)8-17-14(19)12-4-3-11(7-15)20-12/h5-6,10-12H,3-4,7-9,15H2,1-2H3,(H,17,19)/t11-,12+/m1/s1. The zero-order valence-corrected chi connectivity index (χ0v) is 12.2. The van der Waals surface area contributed by atoms with Crippen molar-refractivity contribution in [3.05, 3.63) is 18.2 Å². The molecule has 0 aliphatic carbocycles. The Morgan fingerprint density at radius 2 is 2.40 bits per heavy atom. The Morgan fingerprint density at radius 1 is 1.60 bits per heavy atom. The quantitative estimate of drug-likeness (QED) is 0.802. The Morgan fingerprint density at radius 3 is 3.05 bits per heavy atom. The number of nitrogens with zero attached hydrogens (tertiary/aromatic N) is 2. The fraction of sp³-hybridized carbons (Fsp3) is 0.714. The molecule has 2 rings (SSSR count). The van der Waals surface area contributed by atoms with E-state index in [0.29, 0.717) is 19.0 Å². The number of hydrogen-bond acceptors (Lipinski definition) is 4. The van der Waals surface area contributed by atoms with Gasteiger partial charge in [-0.05, 0) is 18.8 Å². The summed E-state index contributed by atoms with van der Waals surface area (Å²) in [6.45, 7) is 6.12. The lowest BCUT2D eigenvalue weighted by Gasteiger charge is -2.14. The molecule has 1 aromatic heterocycles. The van der Waals surface area contributed by atoms with Crippen molar-refractivity contribution in [3.63, 3.8) is 0 Å². The first-order chi connectivity index (χ1) is 9.60. The highest BCUT2D eigenvalue weighted by Crippen LogP contribution is 2.18. The number of rotatable bonds is 6. The number of nitrogens with one attached hydrogen (secondary N) is 1. The Bertz CT molecular complexity index is 444. The van der Waals surface area contributed by atoms with E-state index in [1.54, 1.807) is 6.20 Å². The van der Waals surface area contributed by atoms with Gasteiger partial charge >= 0.3 is 0 Å². The van der Waals surface area contributed by atoms with Crippen LogP contribution in [0.4, 0.5) is 0 Å². The lowest BCUT2D eigenvalue weighted by atomic mass is 10.2. The second-order valence-electron chi connectivity index (χ2n) is 5.67. The number of ether oxygens (including phenoxy) is 1. The fourth-order valence-electron chi connectivity index (χ4n) is 2.42. The summed E-state index contributed by atoms with van der Waals surface area (Å²) in [7, 11) is 0. The smallest absolute Gasteiger partial charge is 0.249 e. The molecule has 1 aliphatic rings. The second kappa shape index (κ2) is 6.85. The van der Waals surface area contributed by atoms with Crippen LogP contribution in [0.1, 0.15) is 32.5 Å². The van der Waals surface area contributed by atoms with Crippen molar-refractivity contribution in [3.8, 4) is 0 Å². The molecule has 6 nitrogen and oxygen atoms in total. The van der Waals surface area contributed by atoms with Crippen LogP contribution in [-0.4, -0.2) is 34.2 Å². The van der Waals surface area contributed by atoms with Crippen LogP contribution in [0.2, 0.25) is 0 Å². The molecule has 20 heavy (non-hydrogen) atoms. The van der Waals surface area contributed by atoms with E-state index in [4.69, 9.17) is 10.5 Å². The number of amides is 1. The molecule has 3 N–H and O–H groups in total. The van der Waals surface area contributed by atoms with E-state index in [1.807, 2.05) is 6.20 Å². The summed E-state index contributed by atoms with van der Waals surface area (Å²) < 4.78 is 7.65. The molecule has 0 saturated carbocycles. The van der Waals surface area contributed by atoms with E-state index in [-0.39, 0.29) is 18.1 Å². The third kappa shape index (κ3) is 3.80. The third-order valence-electron chi connectivity index (χ3n) is 3.45.